The van der Waals surface area contributed by atoms with Crippen LogP contribution in [0.3, 0.4) is 0 Å². The molecule has 0 unspecified atom stereocenters. The molecule has 9 rings (SSSR count). The van der Waals surface area contributed by atoms with Gasteiger partial charge in [0, 0.05) is 15.0 Å². The Morgan fingerprint density at radius 3 is 1.63 bits per heavy atom. The second-order valence-corrected chi connectivity index (χ2v) is 13.6. The molecule has 0 amide bonds. The number of hydrogen-bond acceptors (Lipinski definition) is 1. The van der Waals surface area contributed by atoms with E-state index >= 15 is 0 Å². The molecule has 0 aliphatic heterocycles. The Kier molecular flexibility index (Phi) is 7.08. The number of fused-ring (bicyclic) bond motifs is 4. The van der Waals surface area contributed by atoms with E-state index in [1.165, 1.54) is 97.4 Å². The minimum Gasteiger partial charge on any atom is -0.135 e. The van der Waals surface area contributed by atoms with Gasteiger partial charge >= 0.3 is 0 Å². The zero-order valence-corrected chi connectivity index (χ0v) is 27.8. The molecule has 1 aromatic heterocycles. The van der Waals surface area contributed by atoms with Gasteiger partial charge in [0.25, 0.3) is 0 Å². The van der Waals surface area contributed by atoms with Crippen LogP contribution in [0.5, 0.6) is 0 Å². The van der Waals surface area contributed by atoms with E-state index in [-0.39, 0.29) is 0 Å². The third kappa shape index (κ3) is 4.82. The van der Waals surface area contributed by atoms with Gasteiger partial charge in [-0.15, -0.1) is 11.3 Å². The van der Waals surface area contributed by atoms with Crippen molar-refractivity contribution in [2.75, 3.05) is 0 Å². The van der Waals surface area contributed by atoms with Crippen molar-refractivity contribution in [2.45, 2.75) is 0 Å². The van der Waals surface area contributed by atoms with Gasteiger partial charge in [0.2, 0.25) is 0 Å². The summed E-state index contributed by atoms with van der Waals surface area (Å²) in [7, 11) is 0. The van der Waals surface area contributed by atoms with Crippen molar-refractivity contribution >= 4 is 65.9 Å². The zero-order chi connectivity index (χ0) is 32.9. The minimum absolute atomic E-state index is 1.17. The largest absolute Gasteiger partial charge is 0.135 e. The summed E-state index contributed by atoms with van der Waals surface area (Å²) in [6.07, 6.45) is 3.87. The molecule has 0 saturated heterocycles. The molecule has 0 nitrogen and oxygen atoms in total. The number of benzene rings is 8. The molecule has 8 aromatic carbocycles. The normalized spacial score (nSPS) is 11.4. The summed E-state index contributed by atoms with van der Waals surface area (Å²) in [6.45, 7) is 8.04. The Labute approximate surface area is 290 Å². The summed E-state index contributed by atoms with van der Waals surface area (Å²) >= 11 is 1.77. The monoisotopic (exact) mass is 640 g/mol. The molecule has 0 spiro atoms. The van der Waals surface area contributed by atoms with Crippen molar-refractivity contribution in [3.05, 3.63) is 181 Å². The second-order valence-electron chi connectivity index (χ2n) is 12.5. The first-order valence-corrected chi connectivity index (χ1v) is 17.5. The van der Waals surface area contributed by atoms with Gasteiger partial charge in [-0.3, -0.25) is 0 Å². The first kappa shape index (κ1) is 29.1. The summed E-state index contributed by atoms with van der Waals surface area (Å²) < 4.78 is 1.25. The third-order valence-electron chi connectivity index (χ3n) is 9.84. The molecule has 9 aromatic rings. The summed E-state index contributed by atoms with van der Waals surface area (Å²) in [6, 6.07) is 57.9. The Morgan fingerprint density at radius 1 is 0.388 bits per heavy atom. The fraction of sp³-hybridized carbons (Fsp3) is 0. The average Bonchev–Trinajstić information content (AvgIpc) is 3.54. The lowest BCUT2D eigenvalue weighted by molar-refractivity contribution is 1.63. The van der Waals surface area contributed by atoms with Crippen LogP contribution >= 0.6 is 11.3 Å². The molecule has 0 radical (unpaired) electrons. The van der Waals surface area contributed by atoms with Gasteiger partial charge in [0.05, 0.1) is 0 Å². The van der Waals surface area contributed by atoms with Crippen LogP contribution in [-0.4, -0.2) is 0 Å². The fourth-order valence-corrected chi connectivity index (χ4v) is 8.63. The highest BCUT2D eigenvalue weighted by molar-refractivity contribution is 7.20. The number of hydrogen-bond donors (Lipinski definition) is 0. The highest BCUT2D eigenvalue weighted by atomic mass is 32.1. The highest BCUT2D eigenvalue weighted by Crippen LogP contribution is 2.46. The maximum Gasteiger partial charge on any atom is 0.0361 e. The summed E-state index contributed by atoms with van der Waals surface area (Å²) in [5.74, 6) is 0. The van der Waals surface area contributed by atoms with Crippen LogP contribution in [0, 0.1) is 0 Å². The predicted octanol–water partition coefficient (Wildman–Crippen LogP) is 14.3. The van der Waals surface area contributed by atoms with E-state index in [0.29, 0.717) is 0 Å². The van der Waals surface area contributed by atoms with Crippen LogP contribution in [0.1, 0.15) is 10.4 Å². The van der Waals surface area contributed by atoms with Gasteiger partial charge in [-0.2, -0.15) is 0 Å². The van der Waals surface area contributed by atoms with Crippen molar-refractivity contribution in [1.29, 1.82) is 0 Å². The van der Waals surface area contributed by atoms with Gasteiger partial charge in [-0.1, -0.05) is 171 Å². The molecular weight excluding hydrogens is 609 g/mol. The van der Waals surface area contributed by atoms with Crippen molar-refractivity contribution in [2.24, 2.45) is 0 Å². The molecule has 49 heavy (non-hydrogen) atoms. The summed E-state index contributed by atoms with van der Waals surface area (Å²) in [5, 5.41) is 8.78. The van der Waals surface area contributed by atoms with Crippen LogP contribution < -0.4 is 0 Å². The molecule has 0 N–H and O–H groups in total. The maximum atomic E-state index is 4.03. The molecule has 0 bridgehead atoms. The highest BCUT2D eigenvalue weighted by Gasteiger charge is 2.18. The Hall–Kier alpha value is -6.02. The van der Waals surface area contributed by atoms with E-state index < -0.39 is 0 Å². The quantitative estimate of drug-likeness (QED) is 0.159. The first-order valence-electron chi connectivity index (χ1n) is 16.7. The van der Waals surface area contributed by atoms with E-state index in [9.17, 15) is 0 Å². The summed E-state index contributed by atoms with van der Waals surface area (Å²) in [5.41, 5.74) is 11.1. The van der Waals surface area contributed by atoms with E-state index in [4.69, 9.17) is 0 Å². The Morgan fingerprint density at radius 2 is 0.959 bits per heavy atom. The van der Waals surface area contributed by atoms with Gasteiger partial charge in [0.15, 0.2) is 0 Å². The molecule has 0 aliphatic carbocycles. The van der Waals surface area contributed by atoms with E-state index in [1.807, 2.05) is 12.2 Å². The van der Waals surface area contributed by atoms with Crippen LogP contribution in [0.15, 0.2) is 171 Å². The fourth-order valence-electron chi connectivity index (χ4n) is 7.54. The van der Waals surface area contributed by atoms with Crippen molar-refractivity contribution in [3.63, 3.8) is 0 Å². The molecule has 0 saturated carbocycles. The van der Waals surface area contributed by atoms with Crippen molar-refractivity contribution < 1.29 is 0 Å². The van der Waals surface area contributed by atoms with E-state index in [2.05, 4.69) is 171 Å². The Bertz CT molecular complexity index is 2670. The molecule has 1 heteroatoms. The predicted molar refractivity (Wildman–Crippen MR) is 216 cm³/mol. The average molecular weight is 641 g/mol. The maximum absolute atomic E-state index is 4.03. The SMILES string of the molecule is C=Cc1sc2cc(-c3ccc(-c4c5ccccc5c(-c5cccc6ccc(-c7ccccc7)cc56)c5ccccc45)cc3)ccc2c1C=C. The van der Waals surface area contributed by atoms with Crippen LogP contribution in [0.2, 0.25) is 0 Å². The van der Waals surface area contributed by atoms with Crippen LogP contribution in [0.4, 0.5) is 0 Å². The van der Waals surface area contributed by atoms with Gasteiger partial charge in [0.1, 0.15) is 0 Å². The lowest BCUT2D eigenvalue weighted by Gasteiger charge is -2.19. The van der Waals surface area contributed by atoms with Crippen LogP contribution in [0.25, 0.3) is 99.1 Å². The van der Waals surface area contributed by atoms with Crippen molar-refractivity contribution in [3.8, 4) is 44.5 Å². The second kappa shape index (κ2) is 11.9. The third-order valence-corrected chi connectivity index (χ3v) is 11.0. The molecule has 0 fully saturated rings. The van der Waals surface area contributed by atoms with Gasteiger partial charge in [-0.25, -0.2) is 0 Å². The number of thiophene rings is 1. The minimum atomic E-state index is 1.17. The first-order chi connectivity index (χ1) is 24.2. The smallest absolute Gasteiger partial charge is 0.0361 e. The van der Waals surface area contributed by atoms with Crippen LogP contribution in [-0.2, 0) is 0 Å². The van der Waals surface area contributed by atoms with Gasteiger partial charge < -0.3 is 0 Å². The molecule has 230 valence electrons. The Balaban J connectivity index is 1.22. The van der Waals surface area contributed by atoms with Crippen molar-refractivity contribution in [1.82, 2.24) is 0 Å². The molecule has 1 heterocycles. The topological polar surface area (TPSA) is 0 Å². The molecule has 0 atom stereocenters. The molecule has 0 aliphatic rings. The number of rotatable bonds is 6. The van der Waals surface area contributed by atoms with E-state index in [0.717, 1.165) is 0 Å². The lowest BCUT2D eigenvalue weighted by atomic mass is 9.84. The van der Waals surface area contributed by atoms with E-state index in [1.54, 1.807) is 11.3 Å². The standard InChI is InChI=1S/C48H32S/c1-3-37-38-28-27-36(30-46(38)49-45(37)4-2)32-21-24-34(25-22-32)47-39-16-8-10-18-41(39)48(42-19-11-9-17-40(42)47)43-20-12-15-33-23-26-35(29-44(33)43)31-13-6-5-7-14-31/h3-30H,1-2H2. The molecular formula is C48H32S. The lowest BCUT2D eigenvalue weighted by Crippen LogP contribution is -1.92. The zero-order valence-electron chi connectivity index (χ0n) is 27.0. The summed E-state index contributed by atoms with van der Waals surface area (Å²) in [4.78, 5) is 1.17. The van der Waals surface area contributed by atoms with Gasteiger partial charge in [-0.05, 0) is 94.5 Å².